The van der Waals surface area contributed by atoms with Crippen LogP contribution >= 0.6 is 0 Å². The standard InChI is InChI=1S/C18H23NO5S/c20-17(21)11-7-2-1-6-10-14-15(12-16-18(14)24-16)19-25(22,23)13-8-4-3-5-9-13/h1,3-6,8-9,14-16,18-19H,2,7,10-12H2,(H,20,21)/b6-1-/t14-,15-,16+,18?/m1/s1. The molecule has 2 aliphatic rings. The molecule has 7 heteroatoms. The van der Waals surface area contributed by atoms with Gasteiger partial charge in [-0.25, -0.2) is 13.1 Å². The molecule has 0 amide bonds. The number of unbranched alkanes of at least 4 members (excludes halogenated alkanes) is 1. The van der Waals surface area contributed by atoms with E-state index in [0.29, 0.717) is 19.3 Å². The maximum Gasteiger partial charge on any atom is 0.303 e. The van der Waals surface area contributed by atoms with E-state index < -0.39 is 16.0 Å². The Morgan fingerprint density at radius 1 is 1.28 bits per heavy atom. The van der Waals surface area contributed by atoms with Crippen molar-refractivity contribution in [3.05, 3.63) is 42.5 Å². The Hall–Kier alpha value is -1.70. The van der Waals surface area contributed by atoms with Crippen LogP contribution in [0.2, 0.25) is 0 Å². The molecule has 1 saturated heterocycles. The summed E-state index contributed by atoms with van der Waals surface area (Å²) in [6.07, 6.45) is 7.21. The van der Waals surface area contributed by atoms with Gasteiger partial charge in [0.05, 0.1) is 17.1 Å². The van der Waals surface area contributed by atoms with Gasteiger partial charge in [-0.2, -0.15) is 0 Å². The molecule has 4 atom stereocenters. The SMILES string of the molecule is O=C(O)CCC/C=C\C[C@H]1C2O[C@H]2C[C@H]1NS(=O)(=O)c1ccccc1. The second-order valence-corrected chi connectivity index (χ2v) is 8.29. The number of ether oxygens (including phenoxy) is 1. The minimum atomic E-state index is -3.52. The van der Waals surface area contributed by atoms with Crippen LogP contribution in [-0.2, 0) is 19.6 Å². The molecule has 6 nitrogen and oxygen atoms in total. The fraction of sp³-hybridized carbons (Fsp3) is 0.500. The number of rotatable bonds is 9. The molecule has 136 valence electrons. The van der Waals surface area contributed by atoms with Crippen molar-refractivity contribution in [2.24, 2.45) is 5.92 Å². The van der Waals surface area contributed by atoms with E-state index in [2.05, 4.69) is 4.72 Å². The fourth-order valence-electron chi connectivity index (χ4n) is 3.42. The summed E-state index contributed by atoms with van der Waals surface area (Å²) in [5, 5.41) is 8.61. The second-order valence-electron chi connectivity index (χ2n) is 6.57. The first-order valence-electron chi connectivity index (χ1n) is 8.57. The molecule has 1 unspecified atom stereocenters. The molecule has 1 aliphatic heterocycles. The molecular formula is C18H23NO5S. The van der Waals surface area contributed by atoms with Gasteiger partial charge < -0.3 is 9.84 Å². The van der Waals surface area contributed by atoms with Crippen LogP contribution in [0.1, 0.15) is 32.1 Å². The van der Waals surface area contributed by atoms with Crippen LogP contribution in [0.25, 0.3) is 0 Å². The number of nitrogens with one attached hydrogen (secondary N) is 1. The van der Waals surface area contributed by atoms with Crippen molar-refractivity contribution in [2.45, 2.75) is 55.2 Å². The zero-order chi connectivity index (χ0) is 17.9. The summed E-state index contributed by atoms with van der Waals surface area (Å²) in [4.78, 5) is 10.8. The number of carboxylic acids is 1. The lowest BCUT2D eigenvalue weighted by Crippen LogP contribution is -2.39. The third-order valence-electron chi connectivity index (χ3n) is 4.74. The predicted molar refractivity (Wildman–Crippen MR) is 92.6 cm³/mol. The summed E-state index contributed by atoms with van der Waals surface area (Å²) in [7, 11) is -3.52. The largest absolute Gasteiger partial charge is 0.481 e. The van der Waals surface area contributed by atoms with Crippen LogP contribution in [0.15, 0.2) is 47.4 Å². The highest BCUT2D eigenvalue weighted by molar-refractivity contribution is 7.89. The maximum atomic E-state index is 12.5. The van der Waals surface area contributed by atoms with Crippen molar-refractivity contribution in [2.75, 3.05) is 0 Å². The lowest BCUT2D eigenvalue weighted by atomic mass is 9.98. The van der Waals surface area contributed by atoms with Gasteiger partial charge in [-0.05, 0) is 37.8 Å². The van der Waals surface area contributed by atoms with Crippen LogP contribution in [0, 0.1) is 5.92 Å². The summed E-state index contributed by atoms with van der Waals surface area (Å²) in [5.74, 6) is -0.659. The highest BCUT2D eigenvalue weighted by atomic mass is 32.2. The quantitative estimate of drug-likeness (QED) is 0.398. The molecule has 1 aromatic carbocycles. The smallest absolute Gasteiger partial charge is 0.303 e. The van der Waals surface area contributed by atoms with Crippen molar-refractivity contribution in [3.63, 3.8) is 0 Å². The van der Waals surface area contributed by atoms with Crippen molar-refractivity contribution < 1.29 is 23.1 Å². The zero-order valence-corrected chi connectivity index (χ0v) is 14.7. The van der Waals surface area contributed by atoms with Crippen LogP contribution in [0.5, 0.6) is 0 Å². The number of aliphatic carboxylic acids is 1. The highest BCUT2D eigenvalue weighted by Crippen LogP contribution is 2.45. The number of carboxylic acid groups (broad SMARTS) is 1. The van der Waals surface area contributed by atoms with Crippen LogP contribution < -0.4 is 4.72 Å². The van der Waals surface area contributed by atoms with E-state index in [1.807, 2.05) is 12.2 Å². The third-order valence-corrected chi connectivity index (χ3v) is 6.25. The van der Waals surface area contributed by atoms with Gasteiger partial charge in [0.2, 0.25) is 10.0 Å². The number of carbonyl (C=O) groups is 1. The Kier molecular flexibility index (Phi) is 5.56. The van der Waals surface area contributed by atoms with E-state index in [-0.39, 0.29) is 35.5 Å². The first kappa shape index (κ1) is 18.1. The molecule has 0 aromatic heterocycles. The molecule has 1 saturated carbocycles. The Labute approximate surface area is 147 Å². The minimum Gasteiger partial charge on any atom is -0.481 e. The molecule has 1 aromatic rings. The van der Waals surface area contributed by atoms with Gasteiger partial charge in [0.15, 0.2) is 0 Å². The Balaban J connectivity index is 1.55. The maximum absolute atomic E-state index is 12.5. The molecule has 3 rings (SSSR count). The van der Waals surface area contributed by atoms with Crippen LogP contribution in [0.4, 0.5) is 0 Å². The number of benzene rings is 1. The first-order chi connectivity index (χ1) is 12.0. The molecule has 1 heterocycles. The average molecular weight is 365 g/mol. The number of allylic oxidation sites excluding steroid dienone is 2. The fourth-order valence-corrected chi connectivity index (χ4v) is 4.74. The molecule has 2 N–H and O–H groups in total. The Morgan fingerprint density at radius 3 is 2.76 bits per heavy atom. The van der Waals surface area contributed by atoms with Gasteiger partial charge in [0.25, 0.3) is 0 Å². The average Bonchev–Trinajstić information content (AvgIpc) is 3.25. The van der Waals surface area contributed by atoms with E-state index in [9.17, 15) is 13.2 Å². The van der Waals surface area contributed by atoms with Gasteiger partial charge in [-0.1, -0.05) is 30.4 Å². The number of hydrogen-bond donors (Lipinski definition) is 2. The lowest BCUT2D eigenvalue weighted by Gasteiger charge is -2.22. The molecule has 1 aliphatic carbocycles. The molecule has 2 fully saturated rings. The minimum absolute atomic E-state index is 0.124. The van der Waals surface area contributed by atoms with E-state index in [1.54, 1.807) is 30.3 Å². The summed E-state index contributed by atoms with van der Waals surface area (Å²) < 4.78 is 33.4. The van der Waals surface area contributed by atoms with Crippen molar-refractivity contribution >= 4 is 16.0 Å². The van der Waals surface area contributed by atoms with Gasteiger partial charge in [-0.3, -0.25) is 4.79 Å². The Bertz CT molecular complexity index is 731. The van der Waals surface area contributed by atoms with Gasteiger partial charge in [0, 0.05) is 18.4 Å². The predicted octanol–water partition coefficient (Wildman–Crippen LogP) is 2.32. The van der Waals surface area contributed by atoms with E-state index in [0.717, 1.165) is 6.42 Å². The van der Waals surface area contributed by atoms with Crippen molar-refractivity contribution in [1.29, 1.82) is 0 Å². The molecule has 0 spiro atoms. The van der Waals surface area contributed by atoms with Crippen LogP contribution in [0.3, 0.4) is 0 Å². The van der Waals surface area contributed by atoms with Crippen LogP contribution in [-0.4, -0.2) is 37.7 Å². The normalized spacial score (nSPS) is 28.2. The number of hydrogen-bond acceptors (Lipinski definition) is 4. The van der Waals surface area contributed by atoms with E-state index in [1.165, 1.54) is 0 Å². The Morgan fingerprint density at radius 2 is 2.04 bits per heavy atom. The molecule has 0 bridgehead atoms. The summed E-state index contributed by atoms with van der Waals surface area (Å²) >= 11 is 0. The van der Waals surface area contributed by atoms with Gasteiger partial charge in [-0.15, -0.1) is 0 Å². The van der Waals surface area contributed by atoms with Gasteiger partial charge >= 0.3 is 5.97 Å². The molecule has 25 heavy (non-hydrogen) atoms. The monoisotopic (exact) mass is 365 g/mol. The van der Waals surface area contributed by atoms with Gasteiger partial charge in [0.1, 0.15) is 0 Å². The second kappa shape index (κ2) is 7.68. The third kappa shape index (κ3) is 4.68. The van der Waals surface area contributed by atoms with E-state index >= 15 is 0 Å². The number of epoxide rings is 1. The molecular weight excluding hydrogens is 342 g/mol. The first-order valence-corrected chi connectivity index (χ1v) is 10.1. The van der Waals surface area contributed by atoms with Crippen molar-refractivity contribution in [3.8, 4) is 0 Å². The van der Waals surface area contributed by atoms with Crippen molar-refractivity contribution in [1.82, 2.24) is 4.72 Å². The summed E-state index contributed by atoms with van der Waals surface area (Å²) in [6, 6.07) is 8.26. The number of fused-ring (bicyclic) bond motifs is 1. The lowest BCUT2D eigenvalue weighted by molar-refractivity contribution is -0.137. The zero-order valence-electron chi connectivity index (χ0n) is 13.9. The molecule has 0 radical (unpaired) electrons. The highest BCUT2D eigenvalue weighted by Gasteiger charge is 2.55. The topological polar surface area (TPSA) is 96.0 Å². The summed E-state index contributed by atoms with van der Waals surface area (Å²) in [6.45, 7) is 0. The summed E-state index contributed by atoms with van der Waals surface area (Å²) in [5.41, 5.74) is 0. The van der Waals surface area contributed by atoms with E-state index in [4.69, 9.17) is 9.84 Å². The number of sulfonamides is 1.